The summed E-state index contributed by atoms with van der Waals surface area (Å²) in [6.07, 6.45) is 0. The molecule has 6 nitrogen and oxygen atoms in total. The van der Waals surface area contributed by atoms with Crippen LogP contribution in [0.5, 0.6) is 11.8 Å². The summed E-state index contributed by atoms with van der Waals surface area (Å²) in [5, 5.41) is 0. The Labute approximate surface area is 212 Å². The van der Waals surface area contributed by atoms with Gasteiger partial charge < -0.3 is 9.47 Å². The summed E-state index contributed by atoms with van der Waals surface area (Å²) in [6, 6.07) is 28.6. The van der Waals surface area contributed by atoms with E-state index in [0.29, 0.717) is 41.6 Å². The number of benzene rings is 3. The number of imidazole rings is 1. The van der Waals surface area contributed by atoms with Crippen LogP contribution in [0.3, 0.4) is 0 Å². The lowest BCUT2D eigenvalue weighted by Crippen LogP contribution is -2.21. The first-order valence-electron chi connectivity index (χ1n) is 11.9. The fraction of sp³-hybridized carbons (Fsp3) is 0.172. The smallest absolute Gasteiger partial charge is 0.333 e. The molecule has 2 heterocycles. The highest BCUT2D eigenvalue weighted by atomic mass is 16.5. The predicted octanol–water partition coefficient (Wildman–Crippen LogP) is 4.70. The van der Waals surface area contributed by atoms with Crippen molar-refractivity contribution >= 4 is 24.3 Å². The molecular weight excluding hydrogens is 449 g/mol. The Morgan fingerprint density at radius 3 is 2.03 bits per heavy atom. The molecule has 2 aromatic heterocycles. The molecule has 0 saturated heterocycles. The first kappa shape index (κ1) is 24.9. The maximum Gasteiger partial charge on any atom is 0.333 e. The Hall–Kier alpha value is -4.26. The van der Waals surface area contributed by atoms with Gasteiger partial charge >= 0.3 is 5.69 Å². The van der Waals surface area contributed by atoms with Gasteiger partial charge in [-0.3, -0.25) is 9.13 Å². The Kier molecular flexibility index (Phi) is 7.90. The van der Waals surface area contributed by atoms with Gasteiger partial charge in [0.2, 0.25) is 11.8 Å². The molecule has 180 valence electrons. The molecule has 36 heavy (non-hydrogen) atoms. The van der Waals surface area contributed by atoms with Gasteiger partial charge in [-0.15, -0.1) is 0 Å². The number of ether oxygens (including phenoxy) is 2. The van der Waals surface area contributed by atoms with Crippen LogP contribution in [-0.2, 0) is 20.3 Å². The number of hydrogen-bond donors (Lipinski definition) is 0. The molecular formula is C29H28BN3O3. The van der Waals surface area contributed by atoms with Crippen LogP contribution in [0, 0.1) is 0 Å². The summed E-state index contributed by atoms with van der Waals surface area (Å²) in [5.74, 6) is 0.717. The van der Waals surface area contributed by atoms with E-state index in [1.165, 1.54) is 0 Å². The van der Waals surface area contributed by atoms with Crippen LogP contribution < -0.4 is 20.6 Å². The molecule has 0 saturated carbocycles. The van der Waals surface area contributed by atoms with Gasteiger partial charge in [-0.1, -0.05) is 86.0 Å². The predicted molar refractivity (Wildman–Crippen MR) is 145 cm³/mol. The normalized spacial score (nSPS) is 10.5. The molecule has 5 rings (SSSR count). The lowest BCUT2D eigenvalue weighted by atomic mass is 9.96. The molecule has 0 bridgehead atoms. The van der Waals surface area contributed by atoms with E-state index in [9.17, 15) is 4.79 Å². The lowest BCUT2D eigenvalue weighted by Gasteiger charge is -2.14. The first-order valence-corrected chi connectivity index (χ1v) is 11.9. The molecule has 0 aliphatic rings. The minimum absolute atomic E-state index is 0.218. The quantitative estimate of drug-likeness (QED) is 0.319. The fourth-order valence-electron chi connectivity index (χ4n) is 3.82. The van der Waals surface area contributed by atoms with Gasteiger partial charge in [0.15, 0.2) is 0 Å². The Morgan fingerprint density at radius 2 is 1.39 bits per heavy atom. The van der Waals surface area contributed by atoms with Crippen LogP contribution in [0.1, 0.15) is 25.0 Å². The molecule has 0 aliphatic heterocycles. The minimum Gasteiger partial charge on any atom is -0.473 e. The molecule has 7 heteroatoms. The summed E-state index contributed by atoms with van der Waals surface area (Å²) >= 11 is 0. The van der Waals surface area contributed by atoms with E-state index in [1.54, 1.807) is 40.4 Å². The van der Waals surface area contributed by atoms with Crippen LogP contribution >= 0.6 is 0 Å². The van der Waals surface area contributed by atoms with E-state index in [4.69, 9.17) is 17.3 Å². The average Bonchev–Trinajstić information content (AvgIpc) is 3.17. The molecule has 0 amide bonds. The second kappa shape index (κ2) is 11.4. The Morgan fingerprint density at radius 1 is 0.778 bits per heavy atom. The highest BCUT2D eigenvalue weighted by molar-refractivity contribution is 6.33. The van der Waals surface area contributed by atoms with Crippen molar-refractivity contribution in [3.8, 4) is 17.4 Å². The number of hydrogen-bond acceptors (Lipinski definition) is 4. The molecule has 0 fully saturated rings. The lowest BCUT2D eigenvalue weighted by molar-refractivity contribution is 0.267. The third-order valence-corrected chi connectivity index (χ3v) is 5.58. The van der Waals surface area contributed by atoms with Crippen LogP contribution in [0.25, 0.3) is 16.7 Å². The maximum atomic E-state index is 13.2. The van der Waals surface area contributed by atoms with E-state index < -0.39 is 0 Å². The summed E-state index contributed by atoms with van der Waals surface area (Å²) in [5.41, 5.74) is 4.36. The number of aryl methyl sites for hydroxylation is 1. The van der Waals surface area contributed by atoms with Crippen molar-refractivity contribution in [2.45, 2.75) is 27.1 Å². The van der Waals surface area contributed by atoms with Gasteiger partial charge in [-0.05, 0) is 29.3 Å². The van der Waals surface area contributed by atoms with Gasteiger partial charge in [0.05, 0.1) is 11.0 Å². The van der Waals surface area contributed by atoms with Crippen molar-refractivity contribution in [1.82, 2.24) is 14.1 Å². The minimum atomic E-state index is -0.218. The van der Waals surface area contributed by atoms with Crippen molar-refractivity contribution in [3.63, 3.8) is 0 Å². The fourth-order valence-corrected chi connectivity index (χ4v) is 3.82. The van der Waals surface area contributed by atoms with E-state index in [0.717, 1.165) is 16.6 Å². The number of nitrogens with zero attached hydrogens (tertiary/aromatic N) is 3. The SMILES string of the molecule is CC.[B]c1ccc2c(c1)n(C)c(=O)n2-c1ccc(OCc2ccccc2)nc1OCc1ccccc1. The van der Waals surface area contributed by atoms with Crippen molar-refractivity contribution in [3.05, 3.63) is 113 Å². The van der Waals surface area contributed by atoms with Crippen molar-refractivity contribution in [2.24, 2.45) is 7.05 Å². The molecule has 0 N–H and O–H groups in total. The number of aromatic nitrogens is 3. The monoisotopic (exact) mass is 477 g/mol. The Balaban J connectivity index is 0.00000148. The van der Waals surface area contributed by atoms with E-state index in [-0.39, 0.29) is 5.69 Å². The third kappa shape index (κ3) is 5.36. The zero-order chi connectivity index (χ0) is 25.5. The van der Waals surface area contributed by atoms with Gasteiger partial charge in [0.25, 0.3) is 0 Å². The third-order valence-electron chi connectivity index (χ3n) is 5.58. The number of fused-ring (bicyclic) bond motifs is 1. The maximum absolute atomic E-state index is 13.2. The molecule has 5 aromatic rings. The molecule has 3 aromatic carbocycles. The van der Waals surface area contributed by atoms with E-state index in [1.807, 2.05) is 80.6 Å². The van der Waals surface area contributed by atoms with E-state index >= 15 is 0 Å². The van der Waals surface area contributed by atoms with Gasteiger partial charge in [0.1, 0.15) is 26.7 Å². The standard InChI is InChI=1S/C27H22BN3O3.C2H6/c1-30-24-16-21(28)12-13-22(24)31(27(30)32)23-14-15-25(33-17-19-8-4-2-5-9-19)29-26(23)34-18-20-10-6-3-7-11-20;1-2/h2-16H,17-18H2,1H3;1-2H3. The van der Waals surface area contributed by atoms with Crippen molar-refractivity contribution in [2.75, 3.05) is 0 Å². The topological polar surface area (TPSA) is 58.3 Å². The van der Waals surface area contributed by atoms with Crippen LogP contribution in [0.2, 0.25) is 0 Å². The molecule has 0 spiro atoms. The van der Waals surface area contributed by atoms with Crippen molar-refractivity contribution in [1.29, 1.82) is 0 Å². The average molecular weight is 477 g/mol. The summed E-state index contributed by atoms with van der Waals surface area (Å²) in [6.45, 7) is 4.67. The van der Waals surface area contributed by atoms with Crippen LogP contribution in [-0.4, -0.2) is 22.0 Å². The summed E-state index contributed by atoms with van der Waals surface area (Å²) in [4.78, 5) is 17.8. The molecule has 2 radical (unpaired) electrons. The second-order valence-electron chi connectivity index (χ2n) is 7.95. The van der Waals surface area contributed by atoms with E-state index in [2.05, 4.69) is 4.98 Å². The number of pyridine rings is 1. The zero-order valence-electron chi connectivity index (χ0n) is 20.7. The van der Waals surface area contributed by atoms with Crippen LogP contribution in [0.4, 0.5) is 0 Å². The van der Waals surface area contributed by atoms with Gasteiger partial charge in [-0.2, -0.15) is 4.98 Å². The number of rotatable bonds is 7. The summed E-state index contributed by atoms with van der Waals surface area (Å²) < 4.78 is 15.2. The first-order chi connectivity index (χ1) is 17.6. The molecule has 0 unspecified atom stereocenters. The van der Waals surface area contributed by atoms with Gasteiger partial charge in [0, 0.05) is 13.1 Å². The largest absolute Gasteiger partial charge is 0.473 e. The van der Waals surface area contributed by atoms with Crippen LogP contribution in [0.15, 0.2) is 95.8 Å². The highest BCUT2D eigenvalue weighted by Crippen LogP contribution is 2.27. The molecule has 0 atom stereocenters. The highest BCUT2D eigenvalue weighted by Gasteiger charge is 2.18. The van der Waals surface area contributed by atoms with Crippen molar-refractivity contribution < 1.29 is 9.47 Å². The van der Waals surface area contributed by atoms with Gasteiger partial charge in [-0.25, -0.2) is 4.79 Å². The molecule has 0 aliphatic carbocycles. The Bertz CT molecular complexity index is 1500. The zero-order valence-corrected chi connectivity index (χ0v) is 20.7. The second-order valence-corrected chi connectivity index (χ2v) is 7.95. The summed E-state index contributed by atoms with van der Waals surface area (Å²) in [7, 11) is 7.67.